The summed E-state index contributed by atoms with van der Waals surface area (Å²) in [6.07, 6.45) is 7.10. The van der Waals surface area contributed by atoms with Gasteiger partial charge < -0.3 is 24.3 Å². The Morgan fingerprint density at radius 1 is 1.26 bits per heavy atom. The van der Waals surface area contributed by atoms with Gasteiger partial charge >= 0.3 is 0 Å². The lowest BCUT2D eigenvalue weighted by Crippen LogP contribution is -2.52. The Morgan fingerprint density at radius 3 is 2.74 bits per heavy atom. The van der Waals surface area contributed by atoms with E-state index >= 15 is 0 Å². The van der Waals surface area contributed by atoms with Gasteiger partial charge in [-0.3, -0.25) is 9.78 Å². The SMILES string of the molecule is CC.COCCCCn1c(C(=O)N(C(C)C)[C@@H]2CCCNC2)c(OCc2cccnc2)c2cc(F)ccc21. The van der Waals surface area contributed by atoms with Crippen LogP contribution in [0, 0.1) is 5.82 Å². The molecule has 1 N–H and O–H groups in total. The van der Waals surface area contributed by atoms with E-state index in [0.29, 0.717) is 30.0 Å². The first-order chi connectivity index (χ1) is 18.5. The van der Waals surface area contributed by atoms with E-state index in [9.17, 15) is 9.18 Å². The zero-order valence-electron chi connectivity index (χ0n) is 23.5. The second kappa shape index (κ2) is 14.8. The molecule has 1 fully saturated rings. The molecule has 4 rings (SSSR count). The van der Waals surface area contributed by atoms with E-state index in [1.54, 1.807) is 25.6 Å². The van der Waals surface area contributed by atoms with Crippen molar-refractivity contribution in [2.45, 2.75) is 78.6 Å². The number of fused-ring (bicyclic) bond motifs is 1. The topological polar surface area (TPSA) is 68.6 Å². The number of nitrogens with zero attached hydrogens (tertiary/aromatic N) is 3. The largest absolute Gasteiger partial charge is 0.486 e. The minimum absolute atomic E-state index is 0.00487. The fourth-order valence-electron chi connectivity index (χ4n) is 5.06. The molecule has 38 heavy (non-hydrogen) atoms. The molecular weight excluding hydrogens is 483 g/mol. The molecule has 1 aliphatic rings. The van der Waals surface area contributed by atoms with Crippen molar-refractivity contribution in [2.24, 2.45) is 0 Å². The Bertz CT molecular complexity index is 1140. The van der Waals surface area contributed by atoms with Crippen LogP contribution in [0.15, 0.2) is 42.7 Å². The van der Waals surface area contributed by atoms with Crippen LogP contribution in [0.25, 0.3) is 10.9 Å². The van der Waals surface area contributed by atoms with Crippen LogP contribution in [-0.4, -0.2) is 59.2 Å². The molecule has 0 unspecified atom stereocenters. The first-order valence-corrected chi connectivity index (χ1v) is 13.9. The van der Waals surface area contributed by atoms with Crippen molar-refractivity contribution in [3.63, 3.8) is 0 Å². The average molecular weight is 527 g/mol. The van der Waals surface area contributed by atoms with Gasteiger partial charge in [0, 0.05) is 62.2 Å². The Hall–Kier alpha value is -2.97. The molecule has 0 aliphatic carbocycles. The van der Waals surface area contributed by atoms with Crippen molar-refractivity contribution in [3.8, 4) is 5.75 Å². The van der Waals surface area contributed by atoms with Crippen molar-refractivity contribution in [3.05, 3.63) is 59.8 Å². The van der Waals surface area contributed by atoms with Crippen LogP contribution in [0.2, 0.25) is 0 Å². The number of ether oxygens (including phenoxy) is 2. The summed E-state index contributed by atoms with van der Waals surface area (Å²) in [4.78, 5) is 20.5. The number of halogens is 1. The highest BCUT2D eigenvalue weighted by Gasteiger charge is 2.34. The Kier molecular flexibility index (Phi) is 11.5. The number of unbranched alkanes of at least 4 members (excludes halogenated alkanes) is 1. The van der Waals surface area contributed by atoms with E-state index in [-0.39, 0.29) is 30.4 Å². The number of aryl methyl sites for hydroxylation is 1. The number of hydrogen-bond acceptors (Lipinski definition) is 5. The Balaban J connectivity index is 0.00000195. The van der Waals surface area contributed by atoms with Gasteiger partial charge in [0.2, 0.25) is 0 Å². The number of piperidine rings is 1. The van der Waals surface area contributed by atoms with Gasteiger partial charge in [-0.1, -0.05) is 19.9 Å². The van der Waals surface area contributed by atoms with E-state index in [0.717, 1.165) is 49.9 Å². The molecule has 3 heterocycles. The maximum Gasteiger partial charge on any atom is 0.274 e. The van der Waals surface area contributed by atoms with Crippen molar-refractivity contribution in [1.29, 1.82) is 0 Å². The third-order valence-corrected chi connectivity index (χ3v) is 6.72. The molecule has 1 atom stereocenters. The lowest BCUT2D eigenvalue weighted by atomic mass is 10.0. The van der Waals surface area contributed by atoms with E-state index in [2.05, 4.69) is 10.3 Å². The number of benzene rings is 1. The third-order valence-electron chi connectivity index (χ3n) is 6.72. The summed E-state index contributed by atoms with van der Waals surface area (Å²) < 4.78 is 28.0. The maximum absolute atomic E-state index is 14.5. The highest BCUT2D eigenvalue weighted by Crippen LogP contribution is 2.37. The number of aromatic nitrogens is 2. The molecule has 8 heteroatoms. The van der Waals surface area contributed by atoms with E-state index in [4.69, 9.17) is 9.47 Å². The number of pyridine rings is 1. The molecule has 0 saturated carbocycles. The summed E-state index contributed by atoms with van der Waals surface area (Å²) in [6.45, 7) is 11.3. The van der Waals surface area contributed by atoms with Gasteiger partial charge in [-0.15, -0.1) is 0 Å². The lowest BCUT2D eigenvalue weighted by Gasteiger charge is -2.38. The maximum atomic E-state index is 14.5. The fourth-order valence-corrected chi connectivity index (χ4v) is 5.06. The van der Waals surface area contributed by atoms with Crippen LogP contribution >= 0.6 is 0 Å². The summed E-state index contributed by atoms with van der Waals surface area (Å²) in [5.74, 6) is -0.00999. The molecule has 0 spiro atoms. The molecule has 3 aromatic rings. The molecule has 2 aromatic heterocycles. The first kappa shape index (κ1) is 29.6. The minimum atomic E-state index is -0.360. The third kappa shape index (κ3) is 7.11. The molecule has 0 radical (unpaired) electrons. The number of hydrogen-bond donors (Lipinski definition) is 1. The van der Waals surface area contributed by atoms with E-state index in [1.165, 1.54) is 12.1 Å². The van der Waals surface area contributed by atoms with Gasteiger partial charge in [0.15, 0.2) is 11.4 Å². The monoisotopic (exact) mass is 526 g/mol. The zero-order valence-corrected chi connectivity index (χ0v) is 23.5. The summed E-state index contributed by atoms with van der Waals surface area (Å²) in [5.41, 5.74) is 2.16. The van der Waals surface area contributed by atoms with Crippen molar-refractivity contribution >= 4 is 16.8 Å². The molecule has 0 bridgehead atoms. The van der Waals surface area contributed by atoms with Crippen molar-refractivity contribution in [1.82, 2.24) is 19.8 Å². The number of carbonyl (C=O) groups excluding carboxylic acids is 1. The summed E-state index contributed by atoms with van der Waals surface area (Å²) in [6, 6.07) is 8.53. The summed E-state index contributed by atoms with van der Waals surface area (Å²) >= 11 is 0. The van der Waals surface area contributed by atoms with E-state index < -0.39 is 0 Å². The van der Waals surface area contributed by atoms with Crippen LogP contribution in [0.1, 0.15) is 69.4 Å². The number of rotatable bonds is 11. The van der Waals surface area contributed by atoms with Gasteiger partial charge in [-0.05, 0) is 70.3 Å². The van der Waals surface area contributed by atoms with Crippen LogP contribution in [0.4, 0.5) is 4.39 Å². The quantitative estimate of drug-likeness (QED) is 0.319. The van der Waals surface area contributed by atoms with Gasteiger partial charge in [-0.2, -0.15) is 0 Å². The second-order valence-corrected chi connectivity index (χ2v) is 9.65. The highest BCUT2D eigenvalue weighted by molar-refractivity contribution is 6.04. The molecule has 1 aliphatic heterocycles. The number of amides is 1. The van der Waals surface area contributed by atoms with Crippen molar-refractivity contribution < 1.29 is 18.7 Å². The van der Waals surface area contributed by atoms with Crippen LogP contribution in [0.3, 0.4) is 0 Å². The lowest BCUT2D eigenvalue weighted by molar-refractivity contribution is 0.0557. The van der Waals surface area contributed by atoms with Gasteiger partial charge in [-0.25, -0.2) is 4.39 Å². The Morgan fingerprint density at radius 2 is 2.08 bits per heavy atom. The number of methoxy groups -OCH3 is 1. The fraction of sp³-hybridized carbons (Fsp3) is 0.533. The molecule has 1 saturated heterocycles. The molecular formula is C30H43FN4O3. The normalized spacial score (nSPS) is 15.3. The van der Waals surface area contributed by atoms with Gasteiger partial charge in [0.25, 0.3) is 5.91 Å². The van der Waals surface area contributed by atoms with Gasteiger partial charge in [0.05, 0.1) is 5.52 Å². The number of nitrogens with one attached hydrogen (secondary N) is 1. The molecule has 7 nitrogen and oxygen atoms in total. The standard InChI is InChI=1S/C28H37FN4O3.C2H6/c1-20(2)33(23-9-7-13-31-18-23)28(34)26-27(36-19-21-8-6-12-30-17-21)24-16-22(29)10-11-25(24)32(26)14-4-5-15-35-3;1-2/h6,8,10-12,16-17,20,23,31H,4-5,7,9,13-15,18-19H2,1-3H3;1-2H3/t23-;/m1./s1. The first-order valence-electron chi connectivity index (χ1n) is 13.9. The summed E-state index contributed by atoms with van der Waals surface area (Å²) in [7, 11) is 1.69. The van der Waals surface area contributed by atoms with E-state index in [1.807, 2.05) is 49.3 Å². The van der Waals surface area contributed by atoms with Gasteiger partial charge in [0.1, 0.15) is 12.4 Å². The minimum Gasteiger partial charge on any atom is -0.486 e. The number of carbonyl (C=O) groups is 1. The molecule has 1 aromatic carbocycles. The second-order valence-electron chi connectivity index (χ2n) is 9.65. The van der Waals surface area contributed by atoms with Crippen LogP contribution in [-0.2, 0) is 17.9 Å². The zero-order chi connectivity index (χ0) is 27.5. The molecule has 1 amide bonds. The predicted octanol–water partition coefficient (Wildman–Crippen LogP) is 5.81. The molecule has 208 valence electrons. The predicted molar refractivity (Wildman–Crippen MR) is 150 cm³/mol. The van der Waals surface area contributed by atoms with Crippen molar-refractivity contribution in [2.75, 3.05) is 26.8 Å². The average Bonchev–Trinajstić information content (AvgIpc) is 3.24. The Labute approximate surface area is 226 Å². The van der Waals surface area contributed by atoms with Crippen LogP contribution in [0.5, 0.6) is 5.75 Å². The smallest absolute Gasteiger partial charge is 0.274 e. The van der Waals surface area contributed by atoms with Crippen LogP contribution < -0.4 is 10.1 Å². The summed E-state index contributed by atoms with van der Waals surface area (Å²) in [5, 5.41) is 4.04. The highest BCUT2D eigenvalue weighted by atomic mass is 19.1.